The van der Waals surface area contributed by atoms with Crippen molar-refractivity contribution in [3.63, 3.8) is 0 Å². The molecule has 0 bridgehead atoms. The monoisotopic (exact) mass is 414 g/mol. The van der Waals surface area contributed by atoms with Crippen LogP contribution in [-0.4, -0.2) is 0 Å². The SMILES string of the molecule is C1=Cc2ccc3c(ccc4c5ccc6c7c(ccc6c5sc34)CCC=CC7)c2C=CC1. The van der Waals surface area contributed by atoms with Crippen molar-refractivity contribution in [2.75, 3.05) is 0 Å². The Bertz CT molecular complexity index is 1620. The Hall–Kier alpha value is -3.16. The number of hydrogen-bond donors (Lipinski definition) is 0. The van der Waals surface area contributed by atoms with E-state index in [-0.39, 0.29) is 0 Å². The highest BCUT2D eigenvalue weighted by atomic mass is 32.1. The highest BCUT2D eigenvalue weighted by Crippen LogP contribution is 2.44. The molecule has 4 aromatic carbocycles. The van der Waals surface area contributed by atoms with Gasteiger partial charge in [-0.1, -0.05) is 85.0 Å². The minimum Gasteiger partial charge on any atom is -0.134 e. The van der Waals surface area contributed by atoms with Crippen LogP contribution >= 0.6 is 11.3 Å². The molecule has 5 aromatic rings. The Kier molecular flexibility index (Phi) is 3.77. The number of aryl methyl sites for hydroxylation is 1. The first-order valence-corrected chi connectivity index (χ1v) is 12.0. The van der Waals surface area contributed by atoms with Gasteiger partial charge in [0.2, 0.25) is 0 Å². The van der Waals surface area contributed by atoms with Gasteiger partial charge in [-0.15, -0.1) is 11.3 Å². The highest BCUT2D eigenvalue weighted by Gasteiger charge is 2.16. The maximum absolute atomic E-state index is 2.38. The third kappa shape index (κ3) is 2.53. The normalized spacial score (nSPS) is 15.5. The number of hydrogen-bond acceptors (Lipinski definition) is 1. The molecular formula is C30H22S. The van der Waals surface area contributed by atoms with Gasteiger partial charge in [-0.2, -0.15) is 0 Å². The molecule has 0 unspecified atom stereocenters. The van der Waals surface area contributed by atoms with E-state index in [0.29, 0.717) is 0 Å². The molecule has 148 valence electrons. The van der Waals surface area contributed by atoms with E-state index in [1.54, 1.807) is 0 Å². The zero-order chi connectivity index (χ0) is 20.4. The Morgan fingerprint density at radius 1 is 0.581 bits per heavy atom. The summed E-state index contributed by atoms with van der Waals surface area (Å²) >= 11 is 1.97. The van der Waals surface area contributed by atoms with Crippen molar-refractivity contribution in [1.29, 1.82) is 0 Å². The van der Waals surface area contributed by atoms with Gasteiger partial charge in [-0.3, -0.25) is 0 Å². The van der Waals surface area contributed by atoms with Crippen LogP contribution < -0.4 is 0 Å². The van der Waals surface area contributed by atoms with Gasteiger partial charge in [0.05, 0.1) is 0 Å². The van der Waals surface area contributed by atoms with E-state index in [9.17, 15) is 0 Å². The lowest BCUT2D eigenvalue weighted by atomic mass is 9.94. The molecule has 2 aliphatic rings. The van der Waals surface area contributed by atoms with Crippen molar-refractivity contribution in [3.8, 4) is 0 Å². The number of benzene rings is 4. The van der Waals surface area contributed by atoms with Gasteiger partial charge in [0.15, 0.2) is 0 Å². The van der Waals surface area contributed by atoms with Crippen molar-refractivity contribution < 1.29 is 0 Å². The van der Waals surface area contributed by atoms with Crippen LogP contribution in [0.25, 0.3) is 53.9 Å². The summed E-state index contributed by atoms with van der Waals surface area (Å²) in [5, 5.41) is 8.37. The second-order valence-electron chi connectivity index (χ2n) is 8.70. The van der Waals surface area contributed by atoms with Crippen molar-refractivity contribution in [1.82, 2.24) is 0 Å². The van der Waals surface area contributed by atoms with E-state index in [1.807, 2.05) is 11.3 Å². The van der Waals surface area contributed by atoms with Gasteiger partial charge in [0, 0.05) is 25.6 Å². The van der Waals surface area contributed by atoms with Crippen LogP contribution in [0.1, 0.15) is 35.1 Å². The predicted octanol–water partition coefficient (Wildman–Crippen LogP) is 8.84. The molecule has 1 heterocycles. The molecule has 1 heteroatoms. The second-order valence-corrected chi connectivity index (χ2v) is 9.72. The Balaban J connectivity index is 1.57. The summed E-state index contributed by atoms with van der Waals surface area (Å²) in [4.78, 5) is 0. The molecule has 0 nitrogen and oxygen atoms in total. The van der Waals surface area contributed by atoms with Crippen LogP contribution in [0.2, 0.25) is 0 Å². The molecule has 0 aliphatic heterocycles. The lowest BCUT2D eigenvalue weighted by Crippen LogP contribution is -1.92. The summed E-state index contributed by atoms with van der Waals surface area (Å²) in [6, 6.07) is 18.8. The summed E-state index contributed by atoms with van der Waals surface area (Å²) in [7, 11) is 0. The quantitative estimate of drug-likeness (QED) is 0.222. The maximum atomic E-state index is 2.38. The molecule has 0 saturated carbocycles. The number of rotatable bonds is 0. The summed E-state index contributed by atoms with van der Waals surface area (Å²) in [6.45, 7) is 0. The topological polar surface area (TPSA) is 0 Å². The summed E-state index contributed by atoms with van der Waals surface area (Å²) in [5.74, 6) is 0. The molecule has 0 fully saturated rings. The maximum Gasteiger partial charge on any atom is 0.0434 e. The molecule has 0 amide bonds. The molecule has 2 aliphatic carbocycles. The molecule has 0 spiro atoms. The lowest BCUT2D eigenvalue weighted by Gasteiger charge is -2.10. The van der Waals surface area contributed by atoms with Crippen molar-refractivity contribution >= 4 is 65.2 Å². The van der Waals surface area contributed by atoms with Crippen LogP contribution in [0.15, 0.2) is 72.8 Å². The first-order valence-electron chi connectivity index (χ1n) is 11.2. The molecule has 0 radical (unpaired) electrons. The second kappa shape index (κ2) is 6.67. The van der Waals surface area contributed by atoms with Gasteiger partial charge in [0.1, 0.15) is 0 Å². The zero-order valence-electron chi connectivity index (χ0n) is 17.3. The van der Waals surface area contributed by atoms with Crippen LogP contribution in [0.3, 0.4) is 0 Å². The summed E-state index contributed by atoms with van der Waals surface area (Å²) in [6.07, 6.45) is 18.1. The number of thiophene rings is 1. The fourth-order valence-electron chi connectivity index (χ4n) is 5.47. The molecule has 0 saturated heterocycles. The van der Waals surface area contributed by atoms with Crippen LogP contribution in [-0.2, 0) is 12.8 Å². The molecule has 31 heavy (non-hydrogen) atoms. The van der Waals surface area contributed by atoms with Gasteiger partial charge in [0.25, 0.3) is 0 Å². The first kappa shape index (κ1) is 17.5. The van der Waals surface area contributed by atoms with Crippen molar-refractivity contribution in [2.45, 2.75) is 25.7 Å². The smallest absolute Gasteiger partial charge is 0.0434 e. The van der Waals surface area contributed by atoms with Crippen LogP contribution in [0, 0.1) is 0 Å². The molecule has 0 atom stereocenters. The van der Waals surface area contributed by atoms with Crippen LogP contribution in [0.4, 0.5) is 0 Å². The number of allylic oxidation sites excluding steroid dienone is 4. The predicted molar refractivity (Wildman–Crippen MR) is 138 cm³/mol. The van der Waals surface area contributed by atoms with E-state index in [1.165, 1.54) is 64.0 Å². The number of fused-ring (bicyclic) bond motifs is 11. The minimum absolute atomic E-state index is 1.01. The van der Waals surface area contributed by atoms with Gasteiger partial charge < -0.3 is 0 Å². The molecule has 0 N–H and O–H groups in total. The molecule has 7 rings (SSSR count). The standard InChI is InChI=1S/C30H22S/c1-3-7-19-11-13-25-23(21(19)9-5-1)15-17-27-28-18-16-24-22-10-6-2-4-8-20(22)12-14-26(24)30(28)31-29(25)27/h1,4-6,8,10-18H,2-3,7,9H2. The third-order valence-corrected chi connectivity index (χ3v) is 8.29. The third-order valence-electron chi connectivity index (χ3n) is 7.00. The Morgan fingerprint density at radius 2 is 1.26 bits per heavy atom. The fraction of sp³-hybridized carbons (Fsp3) is 0.133. The van der Waals surface area contributed by atoms with E-state index in [0.717, 1.165) is 25.7 Å². The fourth-order valence-corrected chi connectivity index (χ4v) is 6.83. The zero-order valence-corrected chi connectivity index (χ0v) is 18.1. The largest absolute Gasteiger partial charge is 0.134 e. The molecular weight excluding hydrogens is 392 g/mol. The lowest BCUT2D eigenvalue weighted by molar-refractivity contribution is 1.00. The Labute approximate surface area is 185 Å². The highest BCUT2D eigenvalue weighted by molar-refractivity contribution is 7.27. The van der Waals surface area contributed by atoms with Crippen molar-refractivity contribution in [2.24, 2.45) is 0 Å². The Morgan fingerprint density at radius 3 is 2.16 bits per heavy atom. The molecule has 1 aromatic heterocycles. The average Bonchev–Trinajstić information content (AvgIpc) is 2.96. The van der Waals surface area contributed by atoms with E-state index in [4.69, 9.17) is 0 Å². The van der Waals surface area contributed by atoms with Crippen LogP contribution in [0.5, 0.6) is 0 Å². The average molecular weight is 415 g/mol. The van der Waals surface area contributed by atoms with E-state index < -0.39 is 0 Å². The minimum atomic E-state index is 1.01. The summed E-state index contributed by atoms with van der Waals surface area (Å²) in [5.41, 5.74) is 5.72. The van der Waals surface area contributed by atoms with E-state index in [2.05, 4.69) is 85.0 Å². The van der Waals surface area contributed by atoms with Gasteiger partial charge in [-0.25, -0.2) is 0 Å². The first-order chi connectivity index (χ1) is 15.4. The van der Waals surface area contributed by atoms with E-state index >= 15 is 0 Å². The van der Waals surface area contributed by atoms with Gasteiger partial charge >= 0.3 is 0 Å². The van der Waals surface area contributed by atoms with Gasteiger partial charge in [-0.05, 0) is 64.1 Å². The summed E-state index contributed by atoms with van der Waals surface area (Å²) < 4.78 is 2.85. The van der Waals surface area contributed by atoms with Crippen molar-refractivity contribution in [3.05, 3.63) is 95.1 Å².